The molecule has 156 valence electrons. The van der Waals surface area contributed by atoms with Crippen molar-refractivity contribution in [3.63, 3.8) is 0 Å². The maximum absolute atomic E-state index is 13.1. The molecule has 3 aromatic rings. The van der Waals surface area contributed by atoms with E-state index in [1.807, 2.05) is 62.4 Å². The number of nitrogens with zero attached hydrogens (tertiary/aromatic N) is 4. The van der Waals surface area contributed by atoms with Gasteiger partial charge in [0.2, 0.25) is 10.0 Å². The van der Waals surface area contributed by atoms with Crippen LogP contribution < -0.4 is 4.90 Å². The quantitative estimate of drug-likeness (QED) is 0.612. The number of rotatable bonds is 4. The maximum Gasteiger partial charge on any atom is 0.243 e. The Morgan fingerprint density at radius 2 is 1.57 bits per heavy atom. The molecule has 0 saturated carbocycles. The molecule has 0 radical (unpaired) electrons. The van der Waals surface area contributed by atoms with Gasteiger partial charge >= 0.3 is 0 Å². The highest BCUT2D eigenvalue weighted by molar-refractivity contribution is 7.89. The molecule has 1 fully saturated rings. The Morgan fingerprint density at radius 1 is 0.867 bits per heavy atom. The molecule has 2 heterocycles. The van der Waals surface area contributed by atoms with Gasteiger partial charge in [-0.15, -0.1) is 10.2 Å². The van der Waals surface area contributed by atoms with Crippen molar-refractivity contribution < 1.29 is 8.42 Å². The summed E-state index contributed by atoms with van der Waals surface area (Å²) in [6, 6.07) is 16.7. The van der Waals surface area contributed by atoms with Gasteiger partial charge in [0.15, 0.2) is 5.82 Å². The zero-order chi connectivity index (χ0) is 21.3. The Kier molecular flexibility index (Phi) is 5.77. The first-order chi connectivity index (χ1) is 14.3. The van der Waals surface area contributed by atoms with Crippen LogP contribution in [0.5, 0.6) is 0 Å². The van der Waals surface area contributed by atoms with Crippen LogP contribution in [-0.2, 0) is 10.0 Å². The smallest absolute Gasteiger partial charge is 0.243 e. The maximum atomic E-state index is 13.1. The Hall–Kier alpha value is -2.48. The molecule has 0 bridgehead atoms. The fourth-order valence-corrected chi connectivity index (χ4v) is 5.41. The van der Waals surface area contributed by atoms with Gasteiger partial charge in [-0.25, -0.2) is 8.42 Å². The highest BCUT2D eigenvalue weighted by Gasteiger charge is 2.30. The number of hydrogen-bond donors (Lipinski definition) is 0. The van der Waals surface area contributed by atoms with Gasteiger partial charge in [-0.1, -0.05) is 41.4 Å². The van der Waals surface area contributed by atoms with Gasteiger partial charge < -0.3 is 4.90 Å². The van der Waals surface area contributed by atoms with Crippen LogP contribution >= 0.6 is 11.6 Å². The minimum absolute atomic E-state index is 0.383. The van der Waals surface area contributed by atoms with Crippen molar-refractivity contribution in [1.82, 2.24) is 14.5 Å². The van der Waals surface area contributed by atoms with E-state index < -0.39 is 10.0 Å². The Morgan fingerprint density at radius 3 is 2.17 bits per heavy atom. The molecule has 0 spiro atoms. The average molecular weight is 443 g/mol. The molecule has 1 aliphatic rings. The molecule has 6 nitrogen and oxygen atoms in total. The zero-order valence-electron chi connectivity index (χ0n) is 16.9. The molecule has 2 aromatic carbocycles. The van der Waals surface area contributed by atoms with E-state index >= 15 is 0 Å². The van der Waals surface area contributed by atoms with Crippen molar-refractivity contribution in [2.45, 2.75) is 18.7 Å². The second-order valence-corrected chi connectivity index (χ2v) is 9.79. The lowest BCUT2D eigenvalue weighted by atomic mass is 10.1. The normalized spacial score (nSPS) is 15.4. The van der Waals surface area contributed by atoms with E-state index in [1.165, 1.54) is 0 Å². The summed E-state index contributed by atoms with van der Waals surface area (Å²) in [6.07, 6.45) is 0. The van der Waals surface area contributed by atoms with Crippen molar-refractivity contribution >= 4 is 27.4 Å². The molecule has 0 aliphatic carbocycles. The molecule has 0 unspecified atom stereocenters. The van der Waals surface area contributed by atoms with Gasteiger partial charge in [0.05, 0.1) is 10.6 Å². The lowest BCUT2D eigenvalue weighted by molar-refractivity contribution is 0.383. The number of benzene rings is 2. The van der Waals surface area contributed by atoms with Crippen molar-refractivity contribution in [3.05, 3.63) is 70.7 Å². The predicted octanol–water partition coefficient (Wildman–Crippen LogP) is 3.92. The van der Waals surface area contributed by atoms with E-state index in [4.69, 9.17) is 11.6 Å². The number of hydrogen-bond acceptors (Lipinski definition) is 5. The summed E-state index contributed by atoms with van der Waals surface area (Å²) in [5, 5.41) is 9.35. The van der Waals surface area contributed by atoms with Crippen molar-refractivity contribution in [3.8, 4) is 11.3 Å². The van der Waals surface area contributed by atoms with E-state index in [2.05, 4.69) is 15.1 Å². The Labute approximate surface area is 182 Å². The number of sulfonamides is 1. The van der Waals surface area contributed by atoms with E-state index in [1.54, 1.807) is 10.4 Å². The lowest BCUT2D eigenvalue weighted by Crippen LogP contribution is -2.49. The van der Waals surface area contributed by atoms with Crippen molar-refractivity contribution in [1.29, 1.82) is 0 Å². The molecule has 0 N–H and O–H groups in total. The summed E-state index contributed by atoms with van der Waals surface area (Å²) in [5.41, 5.74) is 3.55. The molecule has 0 amide bonds. The summed E-state index contributed by atoms with van der Waals surface area (Å²) in [6.45, 7) is 5.76. The molecular weight excluding hydrogens is 420 g/mol. The van der Waals surface area contributed by atoms with E-state index in [9.17, 15) is 8.42 Å². The number of aryl methyl sites for hydroxylation is 2. The van der Waals surface area contributed by atoms with Gasteiger partial charge in [-0.05, 0) is 49.7 Å². The van der Waals surface area contributed by atoms with Crippen LogP contribution in [0.25, 0.3) is 11.3 Å². The third-order valence-corrected chi connectivity index (χ3v) is 7.61. The van der Waals surface area contributed by atoms with Gasteiger partial charge in [0, 0.05) is 36.8 Å². The van der Waals surface area contributed by atoms with Gasteiger partial charge in [-0.2, -0.15) is 4.31 Å². The molecule has 1 saturated heterocycles. The molecular formula is C22H23ClN4O2S. The van der Waals surface area contributed by atoms with Crippen LogP contribution in [-0.4, -0.2) is 49.1 Å². The first kappa shape index (κ1) is 20.8. The standard InChI is InChI=1S/C22H23ClN4O2S/c1-16-3-9-21(17(2)15-16)30(28,29)27-13-11-26(12-14-27)22-10-8-20(24-25-22)18-4-6-19(23)7-5-18/h3-10,15H,11-14H2,1-2H3. The average Bonchev–Trinajstić information content (AvgIpc) is 2.74. The lowest BCUT2D eigenvalue weighted by Gasteiger charge is -2.34. The second kappa shape index (κ2) is 8.34. The highest BCUT2D eigenvalue weighted by Crippen LogP contribution is 2.24. The third kappa shape index (κ3) is 4.19. The van der Waals surface area contributed by atoms with Crippen molar-refractivity contribution in [2.75, 3.05) is 31.1 Å². The van der Waals surface area contributed by atoms with Crippen LogP contribution in [0, 0.1) is 13.8 Å². The highest BCUT2D eigenvalue weighted by atomic mass is 35.5. The first-order valence-electron chi connectivity index (χ1n) is 9.76. The second-order valence-electron chi connectivity index (χ2n) is 7.44. The summed E-state index contributed by atoms with van der Waals surface area (Å²) in [7, 11) is -3.50. The number of halogens is 1. The summed E-state index contributed by atoms with van der Waals surface area (Å²) in [5.74, 6) is 0.747. The number of piperazine rings is 1. The summed E-state index contributed by atoms with van der Waals surface area (Å²) in [4.78, 5) is 2.45. The van der Waals surface area contributed by atoms with Gasteiger partial charge in [-0.3, -0.25) is 0 Å². The Bertz CT molecular complexity index is 1140. The molecule has 4 rings (SSSR count). The van der Waals surface area contributed by atoms with Crippen LogP contribution in [0.15, 0.2) is 59.5 Å². The zero-order valence-corrected chi connectivity index (χ0v) is 18.5. The van der Waals surface area contributed by atoms with Crippen LogP contribution in [0.4, 0.5) is 5.82 Å². The summed E-state index contributed by atoms with van der Waals surface area (Å²) < 4.78 is 27.7. The molecule has 0 atom stereocenters. The van der Waals surface area contributed by atoms with Gasteiger partial charge in [0.25, 0.3) is 0 Å². The fourth-order valence-electron chi connectivity index (χ4n) is 3.65. The van der Waals surface area contributed by atoms with Gasteiger partial charge in [0.1, 0.15) is 0 Å². The predicted molar refractivity (Wildman–Crippen MR) is 119 cm³/mol. The molecule has 1 aromatic heterocycles. The van der Waals surface area contributed by atoms with Crippen LogP contribution in [0.1, 0.15) is 11.1 Å². The van der Waals surface area contributed by atoms with Crippen LogP contribution in [0.2, 0.25) is 5.02 Å². The first-order valence-corrected chi connectivity index (χ1v) is 11.6. The third-order valence-electron chi connectivity index (χ3n) is 5.30. The monoisotopic (exact) mass is 442 g/mol. The number of anilines is 1. The van der Waals surface area contributed by atoms with E-state index in [0.717, 1.165) is 28.2 Å². The van der Waals surface area contributed by atoms with Crippen molar-refractivity contribution in [2.24, 2.45) is 0 Å². The van der Waals surface area contributed by atoms with Crippen LogP contribution in [0.3, 0.4) is 0 Å². The minimum atomic E-state index is -3.50. The largest absolute Gasteiger partial charge is 0.352 e. The minimum Gasteiger partial charge on any atom is -0.352 e. The Balaban J connectivity index is 1.44. The molecule has 30 heavy (non-hydrogen) atoms. The fraction of sp³-hybridized carbons (Fsp3) is 0.273. The summed E-state index contributed by atoms with van der Waals surface area (Å²) >= 11 is 5.93. The molecule has 1 aliphatic heterocycles. The number of aromatic nitrogens is 2. The van der Waals surface area contributed by atoms with E-state index in [0.29, 0.717) is 36.1 Å². The topological polar surface area (TPSA) is 66.4 Å². The SMILES string of the molecule is Cc1ccc(S(=O)(=O)N2CCN(c3ccc(-c4ccc(Cl)cc4)nn3)CC2)c(C)c1. The molecule has 8 heteroatoms. The van der Waals surface area contributed by atoms with E-state index in [-0.39, 0.29) is 0 Å².